The number of likely N-dealkylation sites (tertiary alicyclic amines) is 2. The lowest BCUT2D eigenvalue weighted by Crippen LogP contribution is -2.63. The van der Waals surface area contributed by atoms with Gasteiger partial charge in [-0.05, 0) is 44.2 Å². The maximum atomic E-state index is 12.7. The predicted molar refractivity (Wildman–Crippen MR) is 95.4 cm³/mol. The zero-order chi connectivity index (χ0) is 17.0. The summed E-state index contributed by atoms with van der Waals surface area (Å²) in [5, 5.41) is 14.0. The van der Waals surface area contributed by atoms with Crippen LogP contribution in [0.5, 0.6) is 0 Å². The Morgan fingerprint density at radius 1 is 1.46 bits per heavy atom. The van der Waals surface area contributed by atoms with E-state index in [2.05, 4.69) is 4.90 Å². The molecule has 24 heavy (non-hydrogen) atoms. The Bertz CT molecular complexity index is 536. The summed E-state index contributed by atoms with van der Waals surface area (Å²) in [5.41, 5.74) is 0.726. The van der Waals surface area contributed by atoms with Crippen LogP contribution in [0, 0.1) is 5.41 Å². The average Bonchev–Trinajstić information content (AvgIpc) is 3.15. The molecule has 0 aromatic carbocycles. The fourth-order valence-corrected chi connectivity index (χ4v) is 4.84. The van der Waals surface area contributed by atoms with Gasteiger partial charge in [0, 0.05) is 43.1 Å². The van der Waals surface area contributed by atoms with Crippen LogP contribution in [0.4, 0.5) is 0 Å². The summed E-state index contributed by atoms with van der Waals surface area (Å²) in [6, 6.07) is 2.13. The maximum absolute atomic E-state index is 12.7. The molecule has 0 spiro atoms. The SMILES string of the molecule is CCOCCN1CCC[C@]2(CO)CCN(C(=O)c3ccsc3)C[C@@H]12. The highest BCUT2D eigenvalue weighted by molar-refractivity contribution is 7.08. The number of hydrogen-bond acceptors (Lipinski definition) is 5. The highest BCUT2D eigenvalue weighted by Gasteiger charge is 2.48. The van der Waals surface area contributed by atoms with Crippen LogP contribution in [0.3, 0.4) is 0 Å². The molecule has 0 radical (unpaired) electrons. The van der Waals surface area contributed by atoms with Gasteiger partial charge in [-0.1, -0.05) is 0 Å². The van der Waals surface area contributed by atoms with E-state index in [-0.39, 0.29) is 24.0 Å². The van der Waals surface area contributed by atoms with Crippen LogP contribution < -0.4 is 0 Å². The molecule has 0 unspecified atom stereocenters. The summed E-state index contributed by atoms with van der Waals surface area (Å²) in [6.07, 6.45) is 3.05. The molecule has 0 saturated carbocycles. The molecule has 0 bridgehead atoms. The third kappa shape index (κ3) is 3.52. The van der Waals surface area contributed by atoms with Crippen LogP contribution in [-0.2, 0) is 4.74 Å². The smallest absolute Gasteiger partial charge is 0.254 e. The van der Waals surface area contributed by atoms with Gasteiger partial charge in [0.2, 0.25) is 0 Å². The van der Waals surface area contributed by atoms with Crippen molar-refractivity contribution < 1.29 is 14.6 Å². The van der Waals surface area contributed by atoms with E-state index in [1.54, 1.807) is 11.3 Å². The van der Waals surface area contributed by atoms with Crippen LogP contribution in [0.25, 0.3) is 0 Å². The second kappa shape index (κ2) is 7.95. The van der Waals surface area contributed by atoms with Gasteiger partial charge in [-0.25, -0.2) is 0 Å². The quantitative estimate of drug-likeness (QED) is 0.797. The molecule has 1 N–H and O–H groups in total. The fourth-order valence-electron chi connectivity index (χ4n) is 4.21. The fraction of sp³-hybridized carbons (Fsp3) is 0.722. The van der Waals surface area contributed by atoms with Gasteiger partial charge in [0.25, 0.3) is 5.91 Å². The van der Waals surface area contributed by atoms with E-state index < -0.39 is 0 Å². The Morgan fingerprint density at radius 3 is 3.04 bits per heavy atom. The zero-order valence-corrected chi connectivity index (χ0v) is 15.3. The molecular formula is C18H28N2O3S. The van der Waals surface area contributed by atoms with Gasteiger partial charge in [-0.15, -0.1) is 0 Å². The minimum Gasteiger partial charge on any atom is -0.396 e. The number of hydrogen-bond donors (Lipinski definition) is 1. The first kappa shape index (κ1) is 17.9. The Labute approximate surface area is 148 Å². The van der Waals surface area contributed by atoms with Crippen molar-refractivity contribution in [1.29, 1.82) is 0 Å². The van der Waals surface area contributed by atoms with E-state index in [0.717, 1.165) is 51.1 Å². The average molecular weight is 352 g/mol. The minimum absolute atomic E-state index is 0.0596. The van der Waals surface area contributed by atoms with Crippen LogP contribution in [0.1, 0.15) is 36.5 Å². The Hall–Kier alpha value is -0.950. The van der Waals surface area contributed by atoms with E-state index in [4.69, 9.17) is 4.74 Å². The topological polar surface area (TPSA) is 53.0 Å². The van der Waals surface area contributed by atoms with Crippen molar-refractivity contribution in [3.05, 3.63) is 22.4 Å². The van der Waals surface area contributed by atoms with E-state index >= 15 is 0 Å². The Kier molecular flexibility index (Phi) is 5.92. The van der Waals surface area contributed by atoms with Crippen molar-refractivity contribution in [1.82, 2.24) is 9.80 Å². The highest BCUT2D eigenvalue weighted by atomic mass is 32.1. The predicted octanol–water partition coefficient (Wildman–Crippen LogP) is 2.07. The number of carbonyl (C=O) groups excluding carboxylic acids is 1. The number of piperidine rings is 2. The molecule has 0 aliphatic carbocycles. The van der Waals surface area contributed by atoms with Gasteiger partial charge in [-0.2, -0.15) is 11.3 Å². The lowest BCUT2D eigenvalue weighted by molar-refractivity contribution is -0.0753. The largest absolute Gasteiger partial charge is 0.396 e. The molecule has 2 aliphatic rings. The van der Waals surface area contributed by atoms with Gasteiger partial charge >= 0.3 is 0 Å². The van der Waals surface area contributed by atoms with E-state index in [1.807, 2.05) is 28.7 Å². The molecule has 3 heterocycles. The monoisotopic (exact) mass is 352 g/mol. The summed E-state index contributed by atoms with van der Waals surface area (Å²) >= 11 is 1.56. The van der Waals surface area contributed by atoms with Crippen molar-refractivity contribution in [2.75, 3.05) is 46.0 Å². The second-order valence-corrected chi connectivity index (χ2v) is 7.67. The van der Waals surface area contributed by atoms with Crippen molar-refractivity contribution in [2.45, 2.75) is 32.2 Å². The normalized spacial score (nSPS) is 27.9. The number of amides is 1. The van der Waals surface area contributed by atoms with Gasteiger partial charge in [0.15, 0.2) is 0 Å². The molecule has 2 saturated heterocycles. The van der Waals surface area contributed by atoms with Gasteiger partial charge in [-0.3, -0.25) is 9.69 Å². The lowest BCUT2D eigenvalue weighted by atomic mass is 9.69. The molecule has 2 aliphatic heterocycles. The molecular weight excluding hydrogens is 324 g/mol. The second-order valence-electron chi connectivity index (χ2n) is 6.89. The highest BCUT2D eigenvalue weighted by Crippen LogP contribution is 2.42. The molecule has 134 valence electrons. The van der Waals surface area contributed by atoms with E-state index in [1.165, 1.54) is 0 Å². The Balaban J connectivity index is 1.73. The first-order valence-corrected chi connectivity index (χ1v) is 9.88. The summed E-state index contributed by atoms with van der Waals surface area (Å²) in [4.78, 5) is 17.1. The molecule has 5 nitrogen and oxygen atoms in total. The molecule has 1 aromatic heterocycles. The van der Waals surface area contributed by atoms with Crippen molar-refractivity contribution in [2.24, 2.45) is 5.41 Å². The molecule has 1 amide bonds. The molecule has 6 heteroatoms. The summed E-state index contributed by atoms with van der Waals surface area (Å²) < 4.78 is 5.53. The number of fused-ring (bicyclic) bond motifs is 1. The number of aliphatic hydroxyl groups is 1. The van der Waals surface area contributed by atoms with Crippen LogP contribution >= 0.6 is 11.3 Å². The van der Waals surface area contributed by atoms with E-state index in [9.17, 15) is 9.90 Å². The molecule has 3 rings (SSSR count). The van der Waals surface area contributed by atoms with Crippen molar-refractivity contribution in [3.8, 4) is 0 Å². The number of nitrogens with zero attached hydrogens (tertiary/aromatic N) is 2. The van der Waals surface area contributed by atoms with Crippen molar-refractivity contribution >= 4 is 17.2 Å². The standard InChI is InChI=1S/C18H28N2O3S/c1-2-23-10-9-19-7-3-5-18(14-21)6-8-20(12-16(18)19)17(22)15-4-11-24-13-15/h4,11,13,16,21H,2-3,5-10,12,14H2,1H3/t16-,18-/m1/s1. The summed E-state index contributed by atoms with van der Waals surface area (Å²) in [5.74, 6) is 0.123. The van der Waals surface area contributed by atoms with Gasteiger partial charge in [0.05, 0.1) is 18.8 Å². The number of ether oxygens (including phenoxy) is 1. The third-order valence-corrected chi connectivity index (χ3v) is 6.32. The first-order chi connectivity index (χ1) is 11.7. The van der Waals surface area contributed by atoms with Gasteiger partial charge in [0.1, 0.15) is 0 Å². The van der Waals surface area contributed by atoms with Gasteiger partial charge < -0.3 is 14.7 Å². The lowest BCUT2D eigenvalue weighted by Gasteiger charge is -2.54. The molecule has 1 aromatic rings. The number of aliphatic hydroxyl groups excluding tert-OH is 1. The summed E-state index contributed by atoms with van der Waals surface area (Å²) in [6.45, 7) is 7.02. The molecule has 2 atom stereocenters. The third-order valence-electron chi connectivity index (χ3n) is 5.64. The zero-order valence-electron chi connectivity index (χ0n) is 14.4. The first-order valence-electron chi connectivity index (χ1n) is 8.94. The van der Waals surface area contributed by atoms with Crippen LogP contribution in [0.15, 0.2) is 16.8 Å². The maximum Gasteiger partial charge on any atom is 0.254 e. The summed E-state index contributed by atoms with van der Waals surface area (Å²) in [7, 11) is 0. The van der Waals surface area contributed by atoms with Crippen molar-refractivity contribution in [3.63, 3.8) is 0 Å². The number of carbonyl (C=O) groups is 1. The molecule has 2 fully saturated rings. The van der Waals surface area contributed by atoms with Crippen LogP contribution in [-0.4, -0.2) is 72.9 Å². The van der Waals surface area contributed by atoms with E-state index in [0.29, 0.717) is 13.2 Å². The van der Waals surface area contributed by atoms with Crippen LogP contribution in [0.2, 0.25) is 0 Å². The number of thiophene rings is 1. The Morgan fingerprint density at radius 2 is 2.33 bits per heavy atom. The number of rotatable bonds is 6. The minimum atomic E-state index is -0.0596.